The first-order valence-corrected chi connectivity index (χ1v) is 9.10. The van der Waals surface area contributed by atoms with Crippen LogP contribution in [0.4, 0.5) is 0 Å². The van der Waals surface area contributed by atoms with Gasteiger partial charge >= 0.3 is 0 Å². The number of likely N-dealkylation sites (tertiary alicyclic amines) is 1. The van der Waals surface area contributed by atoms with Crippen LogP contribution in [0.2, 0.25) is 0 Å². The largest absolute Gasteiger partial charge is 0.339 e. The second-order valence-corrected chi connectivity index (χ2v) is 7.01. The third-order valence-electron chi connectivity index (χ3n) is 5.27. The molecule has 1 heterocycles. The highest BCUT2D eigenvalue weighted by atomic mass is 35.5. The van der Waals surface area contributed by atoms with Gasteiger partial charge in [-0.1, -0.05) is 37.6 Å². The quantitative estimate of drug-likeness (QED) is 0.790. The molecule has 2 aliphatic rings. The van der Waals surface area contributed by atoms with E-state index in [1.54, 1.807) is 0 Å². The molecule has 1 aromatic rings. The highest BCUT2D eigenvalue weighted by molar-refractivity contribution is 6.06. The van der Waals surface area contributed by atoms with E-state index in [2.05, 4.69) is 6.92 Å². The summed E-state index contributed by atoms with van der Waals surface area (Å²) in [6.07, 6.45) is 5.88. The minimum Gasteiger partial charge on any atom is -0.339 e. The number of nitrogens with zero attached hydrogens (tertiary/aromatic N) is 1. The van der Waals surface area contributed by atoms with Gasteiger partial charge in [0.2, 0.25) is 5.91 Å². The van der Waals surface area contributed by atoms with E-state index < -0.39 is 0 Å². The molecule has 0 spiro atoms. The van der Waals surface area contributed by atoms with Crippen LogP contribution in [0.1, 0.15) is 73.7 Å². The standard InChI is InChI=1S/C20H26N2O2.ClH/c1-2-7-14(21)12-15-8-5-6-11-22(15)20(24)18-13-19(23)17-10-4-3-9-16(17)18;/h3-4,9-10,15,18,21H,2,5-8,11-13H2,1H3;1H. The van der Waals surface area contributed by atoms with Crippen molar-refractivity contribution in [1.82, 2.24) is 4.90 Å². The third kappa shape index (κ3) is 4.12. The maximum Gasteiger partial charge on any atom is 0.230 e. The normalized spacial score (nSPS) is 22.3. The zero-order valence-corrected chi connectivity index (χ0v) is 15.6. The van der Waals surface area contributed by atoms with Gasteiger partial charge in [0.1, 0.15) is 0 Å². The summed E-state index contributed by atoms with van der Waals surface area (Å²) in [4.78, 5) is 27.3. The van der Waals surface area contributed by atoms with E-state index in [0.29, 0.717) is 18.4 Å². The summed E-state index contributed by atoms with van der Waals surface area (Å²) in [7, 11) is 0. The van der Waals surface area contributed by atoms with Crippen molar-refractivity contribution in [3.63, 3.8) is 0 Å². The molecule has 136 valence electrons. The number of hydrogen-bond acceptors (Lipinski definition) is 3. The van der Waals surface area contributed by atoms with Crippen LogP contribution in [0.5, 0.6) is 0 Å². The molecule has 5 heteroatoms. The van der Waals surface area contributed by atoms with Gasteiger partial charge < -0.3 is 10.3 Å². The van der Waals surface area contributed by atoms with Crippen LogP contribution in [0.25, 0.3) is 0 Å². The average Bonchev–Trinajstić information content (AvgIpc) is 2.92. The van der Waals surface area contributed by atoms with E-state index in [0.717, 1.165) is 49.9 Å². The van der Waals surface area contributed by atoms with Gasteiger partial charge in [0, 0.05) is 36.7 Å². The first kappa shape index (κ1) is 19.6. The van der Waals surface area contributed by atoms with Gasteiger partial charge in [-0.3, -0.25) is 9.59 Å². The Morgan fingerprint density at radius 2 is 2.04 bits per heavy atom. The number of Topliss-reactive ketones (excluding diaryl/α,β-unsaturated/α-hetero) is 1. The van der Waals surface area contributed by atoms with Gasteiger partial charge in [0.25, 0.3) is 0 Å². The number of piperidine rings is 1. The molecule has 1 saturated heterocycles. The Balaban J connectivity index is 0.00000225. The van der Waals surface area contributed by atoms with Crippen LogP contribution in [-0.4, -0.2) is 34.9 Å². The van der Waals surface area contributed by atoms with Crippen LogP contribution >= 0.6 is 12.4 Å². The number of carbonyl (C=O) groups is 2. The maximum absolute atomic E-state index is 13.2. The number of benzene rings is 1. The topological polar surface area (TPSA) is 61.2 Å². The Labute approximate surface area is 155 Å². The fraction of sp³-hybridized carbons (Fsp3) is 0.550. The van der Waals surface area contributed by atoms with E-state index in [9.17, 15) is 9.59 Å². The van der Waals surface area contributed by atoms with Crippen molar-refractivity contribution in [2.45, 2.75) is 63.8 Å². The van der Waals surface area contributed by atoms with Gasteiger partial charge in [-0.2, -0.15) is 0 Å². The average molecular weight is 363 g/mol. The van der Waals surface area contributed by atoms with Crippen molar-refractivity contribution in [2.24, 2.45) is 0 Å². The molecule has 3 rings (SSSR count). The predicted molar refractivity (Wildman–Crippen MR) is 102 cm³/mol. The van der Waals surface area contributed by atoms with Crippen LogP contribution < -0.4 is 0 Å². The zero-order chi connectivity index (χ0) is 17.1. The molecule has 1 aliphatic carbocycles. The second-order valence-electron chi connectivity index (χ2n) is 7.01. The molecule has 0 radical (unpaired) electrons. The summed E-state index contributed by atoms with van der Waals surface area (Å²) in [5.74, 6) is -0.159. The van der Waals surface area contributed by atoms with Crippen LogP contribution in [0, 0.1) is 5.41 Å². The molecule has 25 heavy (non-hydrogen) atoms. The molecule has 2 atom stereocenters. The van der Waals surface area contributed by atoms with E-state index in [1.165, 1.54) is 0 Å². The fourth-order valence-electron chi connectivity index (χ4n) is 4.07. The Morgan fingerprint density at radius 3 is 2.80 bits per heavy atom. The van der Waals surface area contributed by atoms with Crippen molar-refractivity contribution in [3.05, 3.63) is 35.4 Å². The number of halogens is 1. The summed E-state index contributed by atoms with van der Waals surface area (Å²) >= 11 is 0. The molecule has 2 unspecified atom stereocenters. The number of carbonyl (C=O) groups excluding carboxylic acids is 2. The maximum atomic E-state index is 13.2. The molecule has 1 amide bonds. The Morgan fingerprint density at radius 1 is 1.28 bits per heavy atom. The number of hydrogen-bond donors (Lipinski definition) is 1. The van der Waals surface area contributed by atoms with Gasteiger partial charge in [0.05, 0.1) is 5.92 Å². The van der Waals surface area contributed by atoms with Crippen molar-refractivity contribution in [1.29, 1.82) is 5.41 Å². The number of rotatable bonds is 5. The monoisotopic (exact) mass is 362 g/mol. The van der Waals surface area contributed by atoms with Crippen molar-refractivity contribution in [2.75, 3.05) is 6.54 Å². The number of ketones is 1. The molecule has 1 fully saturated rings. The lowest BCUT2D eigenvalue weighted by Gasteiger charge is -2.37. The molecule has 0 aromatic heterocycles. The molecule has 0 bridgehead atoms. The number of fused-ring (bicyclic) bond motifs is 1. The molecular weight excluding hydrogens is 336 g/mol. The second kappa shape index (κ2) is 8.61. The molecule has 1 aromatic carbocycles. The predicted octanol–water partition coefficient (Wildman–Crippen LogP) is 4.37. The lowest BCUT2D eigenvalue weighted by atomic mass is 9.92. The van der Waals surface area contributed by atoms with Crippen molar-refractivity contribution in [3.8, 4) is 0 Å². The molecular formula is C20H27ClN2O2. The van der Waals surface area contributed by atoms with Crippen LogP contribution in [0.15, 0.2) is 24.3 Å². The van der Waals surface area contributed by atoms with Gasteiger partial charge in [-0.05, 0) is 31.2 Å². The Hall–Kier alpha value is -1.68. The fourth-order valence-corrected chi connectivity index (χ4v) is 4.07. The minimum absolute atomic E-state index is 0. The third-order valence-corrected chi connectivity index (χ3v) is 5.27. The lowest BCUT2D eigenvalue weighted by molar-refractivity contribution is -0.136. The Kier molecular flexibility index (Phi) is 6.77. The summed E-state index contributed by atoms with van der Waals surface area (Å²) in [5.41, 5.74) is 2.34. The van der Waals surface area contributed by atoms with Gasteiger partial charge in [-0.15, -0.1) is 12.4 Å². The smallest absolute Gasteiger partial charge is 0.230 e. The van der Waals surface area contributed by atoms with Crippen molar-refractivity contribution < 1.29 is 9.59 Å². The zero-order valence-electron chi connectivity index (χ0n) is 14.8. The van der Waals surface area contributed by atoms with E-state index in [-0.39, 0.29) is 36.1 Å². The van der Waals surface area contributed by atoms with E-state index in [1.807, 2.05) is 29.2 Å². The molecule has 1 aliphatic heterocycles. The molecule has 1 N–H and O–H groups in total. The number of amides is 1. The van der Waals surface area contributed by atoms with Gasteiger partial charge in [-0.25, -0.2) is 0 Å². The van der Waals surface area contributed by atoms with Crippen LogP contribution in [-0.2, 0) is 4.79 Å². The molecule has 4 nitrogen and oxygen atoms in total. The van der Waals surface area contributed by atoms with Gasteiger partial charge in [0.15, 0.2) is 5.78 Å². The summed E-state index contributed by atoms with van der Waals surface area (Å²) in [6.45, 7) is 2.84. The molecule has 0 saturated carbocycles. The highest BCUT2D eigenvalue weighted by Crippen LogP contribution is 2.36. The van der Waals surface area contributed by atoms with E-state index >= 15 is 0 Å². The first-order chi connectivity index (χ1) is 11.6. The van der Waals surface area contributed by atoms with E-state index in [4.69, 9.17) is 5.41 Å². The summed E-state index contributed by atoms with van der Waals surface area (Å²) in [5, 5.41) is 8.12. The van der Waals surface area contributed by atoms with Crippen molar-refractivity contribution >= 4 is 29.8 Å². The Bertz CT molecular complexity index is 659. The summed E-state index contributed by atoms with van der Waals surface area (Å²) < 4.78 is 0. The van der Waals surface area contributed by atoms with Crippen LogP contribution in [0.3, 0.4) is 0 Å². The SMILES string of the molecule is CCCC(=N)CC1CCCCN1C(=O)C1CC(=O)c2ccccc21.Cl. The minimum atomic E-state index is -0.324. The number of nitrogens with one attached hydrogen (secondary N) is 1. The lowest BCUT2D eigenvalue weighted by Crippen LogP contribution is -2.46. The first-order valence-electron chi connectivity index (χ1n) is 9.10. The summed E-state index contributed by atoms with van der Waals surface area (Å²) in [6, 6.07) is 7.64. The highest BCUT2D eigenvalue weighted by Gasteiger charge is 2.38.